The summed E-state index contributed by atoms with van der Waals surface area (Å²) in [5.74, 6) is 0.307. The van der Waals surface area contributed by atoms with Crippen LogP contribution >= 0.6 is 0 Å². The molecule has 0 fully saturated rings. The van der Waals surface area contributed by atoms with Crippen LogP contribution in [-0.2, 0) is 16.0 Å². The Hall–Kier alpha value is -1.75. The number of carbonyl (C=O) groups is 1. The van der Waals surface area contributed by atoms with Gasteiger partial charge in [0.05, 0.1) is 21.3 Å². The second-order valence-corrected chi connectivity index (χ2v) is 3.69. The second-order valence-electron chi connectivity index (χ2n) is 3.69. The molecule has 0 aliphatic rings. The summed E-state index contributed by atoms with van der Waals surface area (Å²) in [7, 11) is 4.24. The van der Waals surface area contributed by atoms with E-state index in [9.17, 15) is 9.90 Å². The lowest BCUT2D eigenvalue weighted by atomic mass is 10.0. The third-order valence-corrected chi connectivity index (χ3v) is 2.73. The van der Waals surface area contributed by atoms with Gasteiger partial charge in [0, 0.05) is 5.56 Å². The fraction of sp³-hybridized carbons (Fsp3) is 0.462. The van der Waals surface area contributed by atoms with Gasteiger partial charge in [-0.3, -0.25) is 0 Å². The molecule has 0 bridgehead atoms. The number of ether oxygens (including phenoxy) is 3. The number of benzene rings is 1. The Balaban J connectivity index is 3.29. The zero-order valence-corrected chi connectivity index (χ0v) is 11.0. The Kier molecular flexibility index (Phi) is 4.97. The fourth-order valence-corrected chi connectivity index (χ4v) is 1.71. The lowest BCUT2D eigenvalue weighted by molar-refractivity contribution is -0.150. The van der Waals surface area contributed by atoms with Crippen LogP contribution in [0.25, 0.3) is 0 Å². The Morgan fingerprint density at radius 2 is 1.83 bits per heavy atom. The van der Waals surface area contributed by atoms with Crippen LogP contribution in [0.15, 0.2) is 12.1 Å². The van der Waals surface area contributed by atoms with Gasteiger partial charge in [-0.15, -0.1) is 0 Å². The van der Waals surface area contributed by atoms with Gasteiger partial charge >= 0.3 is 5.97 Å². The molecule has 0 amide bonds. The first-order valence-electron chi connectivity index (χ1n) is 5.59. The van der Waals surface area contributed by atoms with Crippen LogP contribution in [0.3, 0.4) is 0 Å². The van der Waals surface area contributed by atoms with Crippen molar-refractivity contribution in [1.82, 2.24) is 0 Å². The van der Waals surface area contributed by atoms with Crippen molar-refractivity contribution in [1.29, 1.82) is 0 Å². The number of methoxy groups -OCH3 is 3. The normalized spacial score (nSPS) is 11.8. The van der Waals surface area contributed by atoms with E-state index in [0.29, 0.717) is 17.1 Å². The molecule has 18 heavy (non-hydrogen) atoms. The van der Waals surface area contributed by atoms with Crippen LogP contribution in [0.2, 0.25) is 0 Å². The van der Waals surface area contributed by atoms with Crippen molar-refractivity contribution < 1.29 is 24.1 Å². The summed E-state index contributed by atoms with van der Waals surface area (Å²) < 4.78 is 14.9. The highest BCUT2D eigenvalue weighted by molar-refractivity contribution is 5.77. The largest absolute Gasteiger partial charge is 0.496 e. The van der Waals surface area contributed by atoms with Crippen molar-refractivity contribution in [2.75, 3.05) is 21.3 Å². The number of hydrogen-bond donors (Lipinski definition) is 1. The molecule has 1 rings (SSSR count). The maximum atomic E-state index is 11.4. The van der Waals surface area contributed by atoms with Crippen molar-refractivity contribution in [2.24, 2.45) is 0 Å². The highest BCUT2D eigenvalue weighted by atomic mass is 16.5. The van der Waals surface area contributed by atoms with Crippen LogP contribution < -0.4 is 9.47 Å². The number of rotatable bonds is 5. The van der Waals surface area contributed by atoms with Gasteiger partial charge in [-0.05, 0) is 24.1 Å². The first-order chi connectivity index (χ1) is 8.58. The summed E-state index contributed by atoms with van der Waals surface area (Å²) in [4.78, 5) is 11.4. The van der Waals surface area contributed by atoms with E-state index in [-0.39, 0.29) is 0 Å². The molecule has 0 spiro atoms. The van der Waals surface area contributed by atoms with Gasteiger partial charge < -0.3 is 19.3 Å². The van der Waals surface area contributed by atoms with Gasteiger partial charge in [0.15, 0.2) is 6.10 Å². The topological polar surface area (TPSA) is 65.0 Å². The van der Waals surface area contributed by atoms with E-state index in [1.54, 1.807) is 12.1 Å². The van der Waals surface area contributed by atoms with Gasteiger partial charge in [-0.25, -0.2) is 4.79 Å². The summed E-state index contributed by atoms with van der Waals surface area (Å²) in [5, 5.41) is 9.87. The van der Waals surface area contributed by atoms with Crippen molar-refractivity contribution in [3.63, 3.8) is 0 Å². The molecule has 100 valence electrons. The predicted molar refractivity (Wildman–Crippen MR) is 65.9 cm³/mol. The Bertz CT molecular complexity index is 428. The average Bonchev–Trinajstić information content (AvgIpc) is 2.43. The fourth-order valence-electron chi connectivity index (χ4n) is 1.71. The van der Waals surface area contributed by atoms with Crippen molar-refractivity contribution in [3.8, 4) is 11.5 Å². The number of aryl methyl sites for hydroxylation is 1. The third kappa shape index (κ3) is 2.73. The number of hydrogen-bond acceptors (Lipinski definition) is 5. The van der Waals surface area contributed by atoms with Crippen molar-refractivity contribution >= 4 is 5.97 Å². The van der Waals surface area contributed by atoms with Crippen molar-refractivity contribution in [3.05, 3.63) is 23.3 Å². The van der Waals surface area contributed by atoms with Gasteiger partial charge in [-0.1, -0.05) is 6.92 Å². The van der Waals surface area contributed by atoms with E-state index in [4.69, 9.17) is 9.47 Å². The molecule has 1 unspecified atom stereocenters. The molecule has 0 heterocycles. The summed E-state index contributed by atoms with van der Waals surface area (Å²) in [6.07, 6.45) is -0.626. The van der Waals surface area contributed by atoms with Gasteiger partial charge in [0.1, 0.15) is 11.5 Å². The standard InChI is InChI=1S/C13H18O5/c1-5-8-6-11(17-3)9(7-10(8)16-2)12(14)13(15)18-4/h6-7,12,14H,5H2,1-4H3. The van der Waals surface area contributed by atoms with Gasteiger partial charge in [0.25, 0.3) is 0 Å². The van der Waals surface area contributed by atoms with Gasteiger partial charge in [0.2, 0.25) is 0 Å². The predicted octanol–water partition coefficient (Wildman–Crippen LogP) is 1.47. The monoisotopic (exact) mass is 254 g/mol. The van der Waals surface area contributed by atoms with Gasteiger partial charge in [-0.2, -0.15) is 0 Å². The molecular weight excluding hydrogens is 236 g/mol. The highest BCUT2D eigenvalue weighted by Crippen LogP contribution is 2.33. The molecule has 5 nitrogen and oxygen atoms in total. The minimum Gasteiger partial charge on any atom is -0.496 e. The van der Waals surface area contributed by atoms with Crippen LogP contribution in [-0.4, -0.2) is 32.4 Å². The molecule has 0 saturated heterocycles. The van der Waals surface area contributed by atoms with Crippen LogP contribution in [0.5, 0.6) is 11.5 Å². The third-order valence-electron chi connectivity index (χ3n) is 2.73. The smallest absolute Gasteiger partial charge is 0.339 e. The number of aliphatic hydroxyl groups excluding tert-OH is 1. The minimum atomic E-state index is -1.38. The van der Waals surface area contributed by atoms with E-state index < -0.39 is 12.1 Å². The zero-order chi connectivity index (χ0) is 13.7. The lowest BCUT2D eigenvalue weighted by Gasteiger charge is -2.16. The minimum absolute atomic E-state index is 0.332. The average molecular weight is 254 g/mol. The first-order valence-corrected chi connectivity index (χ1v) is 5.59. The van der Waals surface area contributed by atoms with E-state index in [2.05, 4.69) is 4.74 Å². The maximum Gasteiger partial charge on any atom is 0.339 e. The van der Waals surface area contributed by atoms with Crippen LogP contribution in [0.4, 0.5) is 0 Å². The Morgan fingerprint density at radius 1 is 1.22 bits per heavy atom. The molecular formula is C13H18O5. The van der Waals surface area contributed by atoms with Crippen molar-refractivity contribution in [2.45, 2.75) is 19.4 Å². The second kappa shape index (κ2) is 6.26. The summed E-state index contributed by atoms with van der Waals surface area (Å²) in [6.45, 7) is 1.98. The van der Waals surface area contributed by atoms with E-state index >= 15 is 0 Å². The Morgan fingerprint density at radius 3 is 2.28 bits per heavy atom. The molecule has 0 saturated carbocycles. The van der Waals surface area contributed by atoms with Crippen LogP contribution in [0.1, 0.15) is 24.2 Å². The molecule has 0 aliphatic heterocycles. The number of esters is 1. The SMILES string of the molecule is CCc1cc(OC)c(C(O)C(=O)OC)cc1OC. The molecule has 1 atom stereocenters. The summed E-state index contributed by atoms with van der Waals surface area (Å²) in [5.41, 5.74) is 1.27. The summed E-state index contributed by atoms with van der Waals surface area (Å²) in [6, 6.07) is 3.35. The summed E-state index contributed by atoms with van der Waals surface area (Å²) >= 11 is 0. The molecule has 1 aromatic carbocycles. The molecule has 0 aliphatic carbocycles. The van der Waals surface area contributed by atoms with E-state index in [0.717, 1.165) is 12.0 Å². The quantitative estimate of drug-likeness (QED) is 0.806. The number of carbonyl (C=O) groups excluding carboxylic acids is 1. The van der Waals surface area contributed by atoms with E-state index in [1.807, 2.05) is 6.92 Å². The maximum absolute atomic E-state index is 11.4. The molecule has 1 aromatic rings. The lowest BCUT2D eigenvalue weighted by Crippen LogP contribution is -2.15. The first kappa shape index (κ1) is 14.3. The zero-order valence-electron chi connectivity index (χ0n) is 11.0. The van der Waals surface area contributed by atoms with E-state index in [1.165, 1.54) is 21.3 Å². The molecule has 0 radical (unpaired) electrons. The Labute approximate surface area is 106 Å². The van der Waals surface area contributed by atoms with Crippen LogP contribution in [0, 0.1) is 0 Å². The molecule has 0 aromatic heterocycles. The molecule has 1 N–H and O–H groups in total. The molecule has 5 heteroatoms. The number of aliphatic hydroxyl groups is 1. The highest BCUT2D eigenvalue weighted by Gasteiger charge is 2.23.